The number of thiol groups is 2. The van der Waals surface area contributed by atoms with Crippen molar-refractivity contribution in [3.8, 4) is 11.5 Å². The van der Waals surface area contributed by atoms with E-state index in [1.165, 1.54) is 10.6 Å². The smallest absolute Gasteiger partial charge is 0.262 e. The van der Waals surface area contributed by atoms with E-state index < -0.39 is 45.1 Å². The lowest BCUT2D eigenvalue weighted by Gasteiger charge is -2.39. The number of amides is 4. The molecule has 3 unspecified atom stereocenters. The number of ether oxygens (including phenoxy) is 2. The van der Waals surface area contributed by atoms with E-state index in [-0.39, 0.29) is 47.3 Å². The van der Waals surface area contributed by atoms with Crippen LogP contribution in [-0.4, -0.2) is 96.4 Å². The number of fused-ring (bicyclic) bond motifs is 1. The Labute approximate surface area is 326 Å². The van der Waals surface area contributed by atoms with Crippen LogP contribution in [-0.2, 0) is 25.0 Å². The molecule has 0 radical (unpaired) electrons. The molecule has 3 aromatic carbocycles. The Hall–Kier alpha value is -4.05. The number of nitrogens with one attached hydrogen (secondary N) is 2. The molecule has 12 nitrogen and oxygen atoms in total. The summed E-state index contributed by atoms with van der Waals surface area (Å²) >= 11 is 9.89. The fourth-order valence-corrected chi connectivity index (χ4v) is 9.83. The average molecular weight is 793 g/mol. The fourth-order valence-electron chi connectivity index (χ4n) is 7.75. The van der Waals surface area contributed by atoms with E-state index in [2.05, 4.69) is 41.8 Å². The van der Waals surface area contributed by atoms with Gasteiger partial charge in [-0.3, -0.25) is 29.4 Å². The van der Waals surface area contributed by atoms with Crippen molar-refractivity contribution in [2.45, 2.75) is 67.9 Å². The highest BCUT2D eigenvalue weighted by Gasteiger charge is 2.45. The number of hydrogen-bond donors (Lipinski definition) is 4. The number of imide groups is 2. The first-order chi connectivity index (χ1) is 25.8. The van der Waals surface area contributed by atoms with Crippen LogP contribution in [0.2, 0.25) is 0 Å². The lowest BCUT2D eigenvalue weighted by molar-refractivity contribution is -0.136. The monoisotopic (exact) mass is 792 g/mol. The van der Waals surface area contributed by atoms with Crippen LogP contribution in [0.1, 0.15) is 70.9 Å². The molecule has 3 atom stereocenters. The van der Waals surface area contributed by atoms with Gasteiger partial charge in [0.1, 0.15) is 23.6 Å². The zero-order valence-corrected chi connectivity index (χ0v) is 32.7. The maximum absolute atomic E-state index is 13.2. The Kier molecular flexibility index (Phi) is 10.8. The number of sulfonamides is 1. The van der Waals surface area contributed by atoms with E-state index in [0.29, 0.717) is 31.1 Å². The maximum Gasteiger partial charge on any atom is 0.262 e. The Morgan fingerprint density at radius 1 is 0.926 bits per heavy atom. The Bertz CT molecular complexity index is 2050. The normalized spacial score (nSPS) is 23.5. The molecule has 286 valence electrons. The molecule has 2 saturated heterocycles. The summed E-state index contributed by atoms with van der Waals surface area (Å²) in [5.74, 6) is 0.0862. The third-order valence-corrected chi connectivity index (χ3v) is 13.6. The molecule has 3 fully saturated rings. The minimum atomic E-state index is -3.15. The van der Waals surface area contributed by atoms with Gasteiger partial charge in [-0.1, -0.05) is 31.2 Å². The molecule has 15 heteroatoms. The molecule has 4 aliphatic rings. The summed E-state index contributed by atoms with van der Waals surface area (Å²) in [5, 5.41) is 5.64. The lowest BCUT2D eigenvalue weighted by atomic mass is 9.72. The first-order valence-corrected chi connectivity index (χ1v) is 21.2. The van der Waals surface area contributed by atoms with Crippen LogP contribution in [0.15, 0.2) is 66.7 Å². The predicted molar refractivity (Wildman–Crippen MR) is 210 cm³/mol. The molecule has 2 N–H and O–H groups in total. The number of benzene rings is 3. The van der Waals surface area contributed by atoms with Crippen LogP contribution in [0.4, 0.5) is 5.69 Å². The van der Waals surface area contributed by atoms with Crippen LogP contribution in [0.25, 0.3) is 0 Å². The third kappa shape index (κ3) is 7.35. The van der Waals surface area contributed by atoms with Gasteiger partial charge in [0.15, 0.2) is 0 Å². The number of hydrogen-bond acceptors (Lipinski definition) is 11. The standard InChI is InChI=1S/C39H44N4O8S3/c1-3-34(53)39(22-52,24-4-9-28(10-5-24)50-21-23-19-42(20-23)54(2,48)49)25-6-11-29(12-7-25)51-30-16-27(17-30)40-26-8-13-31-32(18-26)38(47)43(37(31)46)33-14-15-35(44)41-36(33)45/h4-13,18,23,27,30,33-34,40,52-53H,3,14-17,19-22H2,1-2H3,(H,41,44,45). The van der Waals surface area contributed by atoms with Crippen molar-refractivity contribution in [1.29, 1.82) is 0 Å². The topological polar surface area (TPSA) is 151 Å². The first kappa shape index (κ1) is 38.2. The summed E-state index contributed by atoms with van der Waals surface area (Å²) in [7, 11) is -3.15. The van der Waals surface area contributed by atoms with Crippen molar-refractivity contribution >= 4 is 64.6 Å². The van der Waals surface area contributed by atoms with Gasteiger partial charge in [0, 0.05) is 66.4 Å². The van der Waals surface area contributed by atoms with Gasteiger partial charge in [-0.2, -0.15) is 25.3 Å². The summed E-state index contributed by atoms with van der Waals surface area (Å²) in [6.45, 7) is 3.53. The maximum atomic E-state index is 13.2. The number of piperidine rings is 1. The van der Waals surface area contributed by atoms with Crippen LogP contribution < -0.4 is 20.1 Å². The molecule has 54 heavy (non-hydrogen) atoms. The SMILES string of the molecule is CCC(S)C(CS)(c1ccc(OCC2CN(S(C)(=O)=O)C2)cc1)c1ccc(OC2CC(Nc3ccc4c(c3)C(=O)N(C3CCC(=O)NC3=O)C4=O)C2)cc1. The van der Waals surface area contributed by atoms with Crippen LogP contribution in [0.3, 0.4) is 0 Å². The Morgan fingerprint density at radius 3 is 2.15 bits per heavy atom. The third-order valence-electron chi connectivity index (χ3n) is 11.0. The van der Waals surface area contributed by atoms with E-state index in [0.717, 1.165) is 46.8 Å². The second-order valence-corrected chi connectivity index (χ2v) is 17.5. The lowest BCUT2D eigenvalue weighted by Crippen LogP contribution is -2.54. The molecule has 0 spiro atoms. The molecule has 1 aliphatic carbocycles. The highest BCUT2D eigenvalue weighted by Crippen LogP contribution is 2.42. The van der Waals surface area contributed by atoms with Crippen LogP contribution >= 0.6 is 25.3 Å². The molecule has 0 aromatic heterocycles. The van der Waals surface area contributed by atoms with Crippen molar-refractivity contribution in [2.75, 3.05) is 37.0 Å². The van der Waals surface area contributed by atoms with Gasteiger partial charge in [-0.25, -0.2) is 12.7 Å². The van der Waals surface area contributed by atoms with Crippen molar-refractivity contribution in [3.05, 3.63) is 89.0 Å². The van der Waals surface area contributed by atoms with Crippen LogP contribution in [0.5, 0.6) is 11.5 Å². The minimum absolute atomic E-state index is 0.00108. The minimum Gasteiger partial charge on any atom is -0.493 e. The molecule has 0 bridgehead atoms. The van der Waals surface area contributed by atoms with Gasteiger partial charge in [0.25, 0.3) is 11.8 Å². The van der Waals surface area contributed by atoms with Gasteiger partial charge in [0.2, 0.25) is 21.8 Å². The largest absolute Gasteiger partial charge is 0.493 e. The van der Waals surface area contributed by atoms with E-state index in [1.54, 1.807) is 18.2 Å². The highest BCUT2D eigenvalue weighted by molar-refractivity contribution is 7.88. The van der Waals surface area contributed by atoms with Gasteiger partial charge in [-0.05, 0) is 66.4 Å². The van der Waals surface area contributed by atoms with Gasteiger partial charge < -0.3 is 14.8 Å². The molecule has 3 aliphatic heterocycles. The summed E-state index contributed by atoms with van der Waals surface area (Å²) in [6, 6.07) is 20.3. The molecule has 3 heterocycles. The summed E-state index contributed by atoms with van der Waals surface area (Å²) in [6.07, 6.45) is 3.72. The zero-order chi connectivity index (χ0) is 38.4. The zero-order valence-electron chi connectivity index (χ0n) is 30.1. The van der Waals surface area contributed by atoms with Crippen molar-refractivity contribution in [3.63, 3.8) is 0 Å². The Balaban J connectivity index is 0.942. The van der Waals surface area contributed by atoms with Gasteiger partial charge in [-0.15, -0.1) is 0 Å². The second-order valence-electron chi connectivity index (χ2n) is 14.6. The molecule has 3 aromatic rings. The predicted octanol–water partition coefficient (Wildman–Crippen LogP) is 4.30. The molecular weight excluding hydrogens is 749 g/mol. The van der Waals surface area contributed by atoms with Gasteiger partial charge >= 0.3 is 0 Å². The molecule has 7 rings (SSSR count). The van der Waals surface area contributed by atoms with E-state index in [4.69, 9.17) is 34.7 Å². The van der Waals surface area contributed by atoms with E-state index in [1.807, 2.05) is 24.3 Å². The number of carbonyl (C=O) groups excluding carboxylic acids is 4. The van der Waals surface area contributed by atoms with Crippen molar-refractivity contribution in [1.82, 2.24) is 14.5 Å². The molecule has 4 amide bonds. The molecule has 1 saturated carbocycles. The second kappa shape index (κ2) is 15.2. The van der Waals surface area contributed by atoms with Crippen molar-refractivity contribution in [2.24, 2.45) is 5.92 Å². The van der Waals surface area contributed by atoms with Gasteiger partial charge in [0.05, 0.1) is 24.0 Å². The average Bonchev–Trinajstić information content (AvgIpc) is 3.35. The number of carbonyl (C=O) groups is 4. The number of nitrogens with zero attached hydrogens (tertiary/aromatic N) is 2. The first-order valence-electron chi connectivity index (χ1n) is 18.2. The van der Waals surface area contributed by atoms with Crippen molar-refractivity contribution < 1.29 is 37.1 Å². The fraction of sp³-hybridized carbons (Fsp3) is 0.436. The highest BCUT2D eigenvalue weighted by atomic mass is 32.2. The quantitative estimate of drug-likeness (QED) is 0.138. The van der Waals surface area contributed by atoms with E-state index >= 15 is 0 Å². The number of anilines is 1. The Morgan fingerprint density at radius 2 is 1.56 bits per heavy atom. The summed E-state index contributed by atoms with van der Waals surface area (Å²) in [5.41, 5.74) is 2.85. The van der Waals surface area contributed by atoms with E-state index in [9.17, 15) is 27.6 Å². The summed E-state index contributed by atoms with van der Waals surface area (Å²) in [4.78, 5) is 51.2. The molecular formula is C39H44N4O8S3. The number of rotatable bonds is 14. The van der Waals surface area contributed by atoms with Crippen LogP contribution in [0, 0.1) is 5.92 Å². The summed E-state index contributed by atoms with van der Waals surface area (Å²) < 4.78 is 37.1.